The Morgan fingerprint density at radius 3 is 3.00 bits per heavy atom. The van der Waals surface area contributed by atoms with Crippen LogP contribution in [0.5, 0.6) is 0 Å². The van der Waals surface area contributed by atoms with E-state index in [0.29, 0.717) is 13.2 Å². The van der Waals surface area contributed by atoms with E-state index in [-0.39, 0.29) is 17.9 Å². The molecule has 1 N–H and O–H groups in total. The summed E-state index contributed by atoms with van der Waals surface area (Å²) in [6.07, 6.45) is 0. The van der Waals surface area contributed by atoms with Crippen LogP contribution in [-0.2, 0) is 9.53 Å². The Morgan fingerprint density at radius 2 is 2.39 bits per heavy atom. The minimum atomic E-state index is -1.06. The summed E-state index contributed by atoms with van der Waals surface area (Å²) in [5, 5.41) is 17.7. The summed E-state index contributed by atoms with van der Waals surface area (Å²) in [4.78, 5) is 12.5. The molecule has 5 nitrogen and oxygen atoms in total. The molecule has 0 bridgehead atoms. The normalized spacial score (nSPS) is 19.3. The molecule has 6 heteroatoms. The molecule has 1 aliphatic heterocycles. The van der Waals surface area contributed by atoms with Gasteiger partial charge in [-0.1, -0.05) is 0 Å². The van der Waals surface area contributed by atoms with Crippen LogP contribution in [0.2, 0.25) is 0 Å². The van der Waals surface area contributed by atoms with Crippen LogP contribution in [0, 0.1) is 17.1 Å². The van der Waals surface area contributed by atoms with Gasteiger partial charge < -0.3 is 14.7 Å². The highest BCUT2D eigenvalue weighted by Crippen LogP contribution is 2.24. The van der Waals surface area contributed by atoms with Crippen molar-refractivity contribution in [1.29, 1.82) is 5.26 Å². The van der Waals surface area contributed by atoms with Gasteiger partial charge in [-0.05, 0) is 18.2 Å². The van der Waals surface area contributed by atoms with Gasteiger partial charge in [0, 0.05) is 6.54 Å². The number of morpholine rings is 1. The molecule has 0 aromatic heterocycles. The van der Waals surface area contributed by atoms with Gasteiger partial charge in [0.05, 0.1) is 30.5 Å². The SMILES string of the molecule is N#Cc1ccc(N2CCOCC2C(=O)O)c(F)c1. The molecule has 0 amide bonds. The fourth-order valence-corrected chi connectivity index (χ4v) is 1.91. The number of ether oxygens (including phenoxy) is 1. The lowest BCUT2D eigenvalue weighted by Gasteiger charge is -2.34. The van der Waals surface area contributed by atoms with Gasteiger partial charge in [0.2, 0.25) is 0 Å². The number of hydrogen-bond acceptors (Lipinski definition) is 4. The predicted molar refractivity (Wildman–Crippen MR) is 60.7 cm³/mol. The molecule has 1 heterocycles. The first-order valence-corrected chi connectivity index (χ1v) is 5.40. The molecule has 0 radical (unpaired) electrons. The quantitative estimate of drug-likeness (QED) is 0.847. The number of aliphatic carboxylic acids is 1. The molecule has 1 saturated heterocycles. The fourth-order valence-electron chi connectivity index (χ4n) is 1.91. The molecule has 0 saturated carbocycles. The number of carboxylic acids is 1. The fraction of sp³-hybridized carbons (Fsp3) is 0.333. The highest BCUT2D eigenvalue weighted by atomic mass is 19.1. The van der Waals surface area contributed by atoms with Crippen LogP contribution in [0.4, 0.5) is 10.1 Å². The Balaban J connectivity index is 2.34. The van der Waals surface area contributed by atoms with Gasteiger partial charge in [0.25, 0.3) is 0 Å². The van der Waals surface area contributed by atoms with E-state index in [9.17, 15) is 9.18 Å². The summed E-state index contributed by atoms with van der Waals surface area (Å²) in [6.45, 7) is 0.678. The van der Waals surface area contributed by atoms with E-state index in [1.165, 1.54) is 17.0 Å². The maximum absolute atomic E-state index is 13.8. The van der Waals surface area contributed by atoms with Gasteiger partial charge in [0.1, 0.15) is 5.82 Å². The van der Waals surface area contributed by atoms with E-state index < -0.39 is 17.8 Å². The Kier molecular flexibility index (Phi) is 3.44. The standard InChI is InChI=1S/C12H11FN2O3/c13-9-5-8(6-14)1-2-10(9)15-3-4-18-7-11(15)12(16)17/h1-2,5,11H,3-4,7H2,(H,16,17). The second kappa shape index (κ2) is 5.02. The zero-order chi connectivity index (χ0) is 13.1. The predicted octanol–water partition coefficient (Wildman–Crippen LogP) is 0.987. The van der Waals surface area contributed by atoms with Crippen LogP contribution >= 0.6 is 0 Å². The number of hydrogen-bond donors (Lipinski definition) is 1. The third kappa shape index (κ3) is 2.26. The van der Waals surface area contributed by atoms with Crippen LogP contribution in [0.15, 0.2) is 18.2 Å². The van der Waals surface area contributed by atoms with Gasteiger partial charge in [-0.15, -0.1) is 0 Å². The van der Waals surface area contributed by atoms with E-state index in [1.54, 1.807) is 0 Å². The summed E-state index contributed by atoms with van der Waals surface area (Å²) < 4.78 is 18.9. The van der Waals surface area contributed by atoms with Gasteiger partial charge in [-0.2, -0.15) is 5.26 Å². The first-order chi connectivity index (χ1) is 8.63. The first-order valence-electron chi connectivity index (χ1n) is 5.40. The van der Waals surface area contributed by atoms with Crippen molar-refractivity contribution in [2.75, 3.05) is 24.7 Å². The highest BCUT2D eigenvalue weighted by Gasteiger charge is 2.30. The third-order valence-electron chi connectivity index (χ3n) is 2.80. The summed E-state index contributed by atoms with van der Waals surface area (Å²) in [7, 11) is 0. The average Bonchev–Trinajstić information content (AvgIpc) is 2.38. The van der Waals surface area contributed by atoms with Gasteiger partial charge in [-0.3, -0.25) is 0 Å². The molecule has 1 aromatic carbocycles. The molecule has 1 aromatic rings. The van der Waals surface area contributed by atoms with Crippen molar-refractivity contribution in [3.63, 3.8) is 0 Å². The van der Waals surface area contributed by atoms with E-state index in [0.717, 1.165) is 6.07 Å². The van der Waals surface area contributed by atoms with Gasteiger partial charge in [0.15, 0.2) is 6.04 Å². The molecule has 0 aliphatic carbocycles. The summed E-state index contributed by atoms with van der Waals surface area (Å²) in [5.74, 6) is -1.65. The number of benzene rings is 1. The molecule has 1 unspecified atom stereocenters. The smallest absolute Gasteiger partial charge is 0.328 e. The van der Waals surface area contributed by atoms with Crippen LogP contribution in [-0.4, -0.2) is 36.9 Å². The number of nitrogens with zero attached hydrogens (tertiary/aromatic N) is 2. The van der Waals surface area contributed by atoms with Gasteiger partial charge in [-0.25, -0.2) is 9.18 Å². The number of halogens is 1. The molecule has 18 heavy (non-hydrogen) atoms. The Hall–Kier alpha value is -2.13. The minimum Gasteiger partial charge on any atom is -0.480 e. The molecule has 1 atom stereocenters. The molecule has 94 valence electrons. The van der Waals surface area contributed by atoms with Crippen molar-refractivity contribution in [3.8, 4) is 6.07 Å². The maximum Gasteiger partial charge on any atom is 0.328 e. The van der Waals surface area contributed by atoms with Crippen LogP contribution in [0.25, 0.3) is 0 Å². The van der Waals surface area contributed by atoms with E-state index in [4.69, 9.17) is 15.1 Å². The lowest BCUT2D eigenvalue weighted by atomic mass is 10.1. The zero-order valence-corrected chi connectivity index (χ0v) is 9.47. The van der Waals surface area contributed by atoms with Crippen molar-refractivity contribution in [2.45, 2.75) is 6.04 Å². The molecular formula is C12H11FN2O3. The molecular weight excluding hydrogens is 239 g/mol. The van der Waals surface area contributed by atoms with E-state index in [1.807, 2.05) is 6.07 Å². The van der Waals surface area contributed by atoms with Crippen LogP contribution < -0.4 is 4.90 Å². The minimum absolute atomic E-state index is 0.0226. The molecule has 1 aliphatic rings. The lowest BCUT2D eigenvalue weighted by Crippen LogP contribution is -2.50. The summed E-state index contributed by atoms with van der Waals surface area (Å²) in [5.41, 5.74) is 0.390. The number of carboxylic acid groups (broad SMARTS) is 1. The Morgan fingerprint density at radius 1 is 1.61 bits per heavy atom. The topological polar surface area (TPSA) is 73.6 Å². The van der Waals surface area contributed by atoms with E-state index >= 15 is 0 Å². The Labute approximate surface area is 103 Å². The van der Waals surface area contributed by atoms with Crippen LogP contribution in [0.1, 0.15) is 5.56 Å². The van der Waals surface area contributed by atoms with E-state index in [2.05, 4.69) is 0 Å². The molecule has 0 spiro atoms. The third-order valence-corrected chi connectivity index (χ3v) is 2.80. The Bertz CT molecular complexity index is 513. The van der Waals surface area contributed by atoms with Crippen molar-refractivity contribution < 1.29 is 19.0 Å². The van der Waals surface area contributed by atoms with Gasteiger partial charge >= 0.3 is 5.97 Å². The average molecular weight is 250 g/mol. The maximum atomic E-state index is 13.8. The molecule has 1 fully saturated rings. The zero-order valence-electron chi connectivity index (χ0n) is 9.47. The number of carbonyl (C=O) groups is 1. The number of anilines is 1. The number of nitriles is 1. The molecule has 2 rings (SSSR count). The number of rotatable bonds is 2. The summed E-state index contributed by atoms with van der Waals surface area (Å²) in [6, 6.07) is 4.92. The largest absolute Gasteiger partial charge is 0.480 e. The van der Waals surface area contributed by atoms with Crippen molar-refractivity contribution >= 4 is 11.7 Å². The second-order valence-electron chi connectivity index (χ2n) is 3.90. The second-order valence-corrected chi connectivity index (χ2v) is 3.90. The van der Waals surface area contributed by atoms with Crippen molar-refractivity contribution in [3.05, 3.63) is 29.6 Å². The first kappa shape index (κ1) is 12.3. The monoisotopic (exact) mass is 250 g/mol. The van der Waals surface area contributed by atoms with Crippen molar-refractivity contribution in [1.82, 2.24) is 0 Å². The van der Waals surface area contributed by atoms with Crippen molar-refractivity contribution in [2.24, 2.45) is 0 Å². The lowest BCUT2D eigenvalue weighted by molar-refractivity contribution is -0.141. The van der Waals surface area contributed by atoms with Crippen LogP contribution in [0.3, 0.4) is 0 Å². The summed E-state index contributed by atoms with van der Waals surface area (Å²) >= 11 is 0. The highest BCUT2D eigenvalue weighted by molar-refractivity contribution is 5.78.